The molecule has 1 saturated heterocycles. The van der Waals surface area contributed by atoms with Gasteiger partial charge in [0.05, 0.1) is 25.3 Å². The van der Waals surface area contributed by atoms with Gasteiger partial charge in [0.15, 0.2) is 6.10 Å². The zero-order valence-electron chi connectivity index (χ0n) is 10.8. The van der Waals surface area contributed by atoms with Gasteiger partial charge in [-0.15, -0.1) is 0 Å². The molecule has 1 aliphatic rings. The lowest BCUT2D eigenvalue weighted by Crippen LogP contribution is -2.48. The van der Waals surface area contributed by atoms with E-state index in [-0.39, 0.29) is 29.6 Å². The van der Waals surface area contributed by atoms with Crippen LogP contribution in [0.2, 0.25) is 5.02 Å². The van der Waals surface area contributed by atoms with E-state index in [1.54, 1.807) is 12.1 Å². The molecule has 0 spiro atoms. The molecule has 20 heavy (non-hydrogen) atoms. The number of rotatable bonds is 3. The van der Waals surface area contributed by atoms with Crippen LogP contribution in [-0.4, -0.2) is 51.6 Å². The average Bonchev–Trinajstić information content (AvgIpc) is 2.47. The van der Waals surface area contributed by atoms with E-state index in [1.165, 1.54) is 23.5 Å². The topological polar surface area (TPSA) is 72.9 Å². The summed E-state index contributed by atoms with van der Waals surface area (Å²) in [5.41, 5.74) is 0. The average molecular weight is 320 g/mol. The predicted octanol–water partition coefficient (Wildman–Crippen LogP) is 0.902. The van der Waals surface area contributed by atoms with Crippen LogP contribution in [-0.2, 0) is 24.3 Å². The Morgan fingerprint density at radius 2 is 2.15 bits per heavy atom. The Balaban J connectivity index is 2.26. The third-order valence-electron chi connectivity index (χ3n) is 2.95. The van der Waals surface area contributed by atoms with E-state index in [2.05, 4.69) is 4.74 Å². The molecule has 0 aromatic heterocycles. The van der Waals surface area contributed by atoms with Gasteiger partial charge in [0.1, 0.15) is 4.90 Å². The van der Waals surface area contributed by atoms with Crippen molar-refractivity contribution in [2.75, 3.05) is 26.8 Å². The lowest BCUT2D eigenvalue weighted by atomic mass is 10.3. The third-order valence-corrected chi connectivity index (χ3v) is 5.31. The zero-order chi connectivity index (χ0) is 14.8. The molecule has 6 nitrogen and oxygen atoms in total. The number of ether oxygens (including phenoxy) is 2. The first-order valence-corrected chi connectivity index (χ1v) is 7.72. The minimum atomic E-state index is -3.75. The Bertz CT molecular complexity index is 604. The van der Waals surface area contributed by atoms with Gasteiger partial charge in [0.25, 0.3) is 0 Å². The fraction of sp³-hybridized carbons (Fsp3) is 0.417. The van der Waals surface area contributed by atoms with E-state index in [1.807, 2.05) is 0 Å². The fourth-order valence-corrected chi connectivity index (χ4v) is 3.83. The van der Waals surface area contributed by atoms with Crippen molar-refractivity contribution in [2.24, 2.45) is 0 Å². The quantitative estimate of drug-likeness (QED) is 0.774. The molecular weight excluding hydrogens is 306 g/mol. The lowest BCUT2D eigenvalue weighted by Gasteiger charge is -2.30. The van der Waals surface area contributed by atoms with E-state index >= 15 is 0 Å². The molecule has 1 aromatic rings. The Hall–Kier alpha value is -1.15. The highest BCUT2D eigenvalue weighted by atomic mass is 35.5. The summed E-state index contributed by atoms with van der Waals surface area (Å²) >= 11 is 5.93. The maximum atomic E-state index is 12.5. The SMILES string of the molecule is COC(=O)C1CN(S(=O)(=O)c2ccccc2Cl)CCO1. The molecule has 0 aliphatic carbocycles. The van der Waals surface area contributed by atoms with Crippen LogP contribution in [0.25, 0.3) is 0 Å². The Morgan fingerprint density at radius 3 is 2.80 bits per heavy atom. The van der Waals surface area contributed by atoms with Crippen molar-refractivity contribution in [1.29, 1.82) is 0 Å². The number of morpholine rings is 1. The van der Waals surface area contributed by atoms with E-state index < -0.39 is 22.1 Å². The molecule has 0 bridgehead atoms. The van der Waals surface area contributed by atoms with E-state index in [4.69, 9.17) is 16.3 Å². The minimum Gasteiger partial charge on any atom is -0.467 e. The number of benzene rings is 1. The molecule has 0 radical (unpaired) electrons. The van der Waals surface area contributed by atoms with Gasteiger partial charge in [-0.2, -0.15) is 4.31 Å². The van der Waals surface area contributed by atoms with Crippen LogP contribution in [0.4, 0.5) is 0 Å². The maximum Gasteiger partial charge on any atom is 0.336 e. The Morgan fingerprint density at radius 1 is 1.45 bits per heavy atom. The molecule has 1 aromatic carbocycles. The number of hydrogen-bond acceptors (Lipinski definition) is 5. The summed E-state index contributed by atoms with van der Waals surface area (Å²) < 4.78 is 36.0. The number of carbonyl (C=O) groups is 1. The summed E-state index contributed by atoms with van der Waals surface area (Å²) in [7, 11) is -2.52. The standard InChI is InChI=1S/C12H14ClNO5S/c1-18-12(15)10-8-14(6-7-19-10)20(16,17)11-5-3-2-4-9(11)13/h2-5,10H,6-8H2,1H3. The van der Waals surface area contributed by atoms with Crippen LogP contribution in [0.3, 0.4) is 0 Å². The number of hydrogen-bond donors (Lipinski definition) is 0. The second-order valence-electron chi connectivity index (χ2n) is 4.18. The van der Waals surface area contributed by atoms with Crippen molar-refractivity contribution in [2.45, 2.75) is 11.0 Å². The summed E-state index contributed by atoms with van der Waals surface area (Å²) in [6, 6.07) is 6.18. The smallest absolute Gasteiger partial charge is 0.336 e. The molecule has 2 rings (SSSR count). The largest absolute Gasteiger partial charge is 0.467 e. The molecule has 1 fully saturated rings. The van der Waals surface area contributed by atoms with Gasteiger partial charge < -0.3 is 9.47 Å². The van der Waals surface area contributed by atoms with Gasteiger partial charge in [-0.1, -0.05) is 23.7 Å². The van der Waals surface area contributed by atoms with Crippen LogP contribution in [0.1, 0.15) is 0 Å². The number of nitrogens with zero attached hydrogens (tertiary/aromatic N) is 1. The number of carbonyl (C=O) groups excluding carboxylic acids is 1. The van der Waals surface area contributed by atoms with Gasteiger partial charge in [0.2, 0.25) is 10.0 Å². The highest BCUT2D eigenvalue weighted by Gasteiger charge is 2.35. The summed E-state index contributed by atoms with van der Waals surface area (Å²) in [6.07, 6.45) is -0.911. The van der Waals surface area contributed by atoms with Gasteiger partial charge in [-0.05, 0) is 12.1 Å². The second kappa shape index (κ2) is 6.09. The summed E-state index contributed by atoms with van der Waals surface area (Å²) in [5, 5.41) is 0.147. The molecule has 0 amide bonds. The first-order chi connectivity index (χ1) is 9.46. The van der Waals surface area contributed by atoms with Crippen molar-refractivity contribution in [3.63, 3.8) is 0 Å². The monoisotopic (exact) mass is 319 g/mol. The van der Waals surface area contributed by atoms with Gasteiger partial charge >= 0.3 is 5.97 Å². The van der Waals surface area contributed by atoms with Crippen LogP contribution in [0.5, 0.6) is 0 Å². The van der Waals surface area contributed by atoms with Crippen molar-refractivity contribution >= 4 is 27.6 Å². The second-order valence-corrected chi connectivity index (χ2v) is 6.49. The number of esters is 1. The highest BCUT2D eigenvalue weighted by molar-refractivity contribution is 7.89. The van der Waals surface area contributed by atoms with E-state index in [9.17, 15) is 13.2 Å². The first-order valence-electron chi connectivity index (χ1n) is 5.91. The molecule has 8 heteroatoms. The van der Waals surface area contributed by atoms with Crippen molar-refractivity contribution < 1.29 is 22.7 Å². The highest BCUT2D eigenvalue weighted by Crippen LogP contribution is 2.25. The van der Waals surface area contributed by atoms with Crippen molar-refractivity contribution in [3.05, 3.63) is 29.3 Å². The molecule has 0 saturated carbocycles. The van der Waals surface area contributed by atoms with Gasteiger partial charge in [-0.3, -0.25) is 0 Å². The Kier molecular flexibility index (Phi) is 4.64. The summed E-state index contributed by atoms with van der Waals surface area (Å²) in [6.45, 7) is 0.213. The van der Waals surface area contributed by atoms with Gasteiger partial charge in [0, 0.05) is 6.54 Å². The molecule has 1 aliphatic heterocycles. The predicted molar refractivity (Wildman–Crippen MR) is 72.0 cm³/mol. The molecule has 0 N–H and O–H groups in total. The zero-order valence-corrected chi connectivity index (χ0v) is 12.4. The molecule has 1 atom stereocenters. The van der Waals surface area contributed by atoms with Crippen LogP contribution < -0.4 is 0 Å². The number of sulfonamides is 1. The maximum absolute atomic E-state index is 12.5. The molecular formula is C12H14ClNO5S. The summed E-state index contributed by atoms with van der Waals surface area (Å²) in [5.74, 6) is -0.593. The van der Waals surface area contributed by atoms with Crippen molar-refractivity contribution in [1.82, 2.24) is 4.31 Å². The van der Waals surface area contributed by atoms with E-state index in [0.717, 1.165) is 0 Å². The van der Waals surface area contributed by atoms with Crippen LogP contribution in [0.15, 0.2) is 29.2 Å². The first kappa shape index (κ1) is 15.2. The normalized spacial score (nSPS) is 20.6. The lowest BCUT2D eigenvalue weighted by molar-refractivity contribution is -0.157. The molecule has 1 heterocycles. The molecule has 110 valence electrons. The molecule has 1 unspecified atom stereocenters. The van der Waals surface area contributed by atoms with Crippen LogP contribution in [0, 0.1) is 0 Å². The van der Waals surface area contributed by atoms with Gasteiger partial charge in [-0.25, -0.2) is 13.2 Å². The number of methoxy groups -OCH3 is 1. The van der Waals surface area contributed by atoms with Crippen LogP contribution >= 0.6 is 11.6 Å². The fourth-order valence-electron chi connectivity index (χ4n) is 1.91. The van der Waals surface area contributed by atoms with Crippen molar-refractivity contribution in [3.8, 4) is 0 Å². The van der Waals surface area contributed by atoms with E-state index in [0.29, 0.717) is 0 Å². The minimum absolute atomic E-state index is 0.0205. The summed E-state index contributed by atoms with van der Waals surface area (Å²) in [4.78, 5) is 11.5. The third kappa shape index (κ3) is 2.95. The Labute approximate surface area is 122 Å². The number of halogens is 1.